The lowest BCUT2D eigenvalue weighted by Gasteiger charge is -1.88. The van der Waals surface area contributed by atoms with Crippen LogP contribution < -0.4 is 0 Å². The first-order valence-corrected chi connectivity index (χ1v) is 22.5. The number of fused-ring (bicyclic) bond motifs is 8. The monoisotopic (exact) mass is 946 g/mol. The van der Waals surface area contributed by atoms with Crippen molar-refractivity contribution >= 4 is 55.4 Å². The predicted molar refractivity (Wildman–Crippen MR) is 279 cm³/mol. The van der Waals surface area contributed by atoms with Crippen molar-refractivity contribution in [1.29, 1.82) is 0 Å². The lowest BCUT2D eigenvalue weighted by Crippen LogP contribution is -1.84. The number of rotatable bonds is 0. The molecule has 0 bridgehead atoms. The van der Waals surface area contributed by atoms with Crippen LogP contribution in [0, 0.1) is 0 Å². The minimum atomic E-state index is 0.713. The molecule has 16 rings (SSSR count). The van der Waals surface area contributed by atoms with E-state index in [1.807, 2.05) is 218 Å². The Morgan fingerprint density at radius 3 is 1.81 bits per heavy atom. The summed E-state index contributed by atoms with van der Waals surface area (Å²) < 4.78 is 11.6. The van der Waals surface area contributed by atoms with Crippen LogP contribution in [0.15, 0.2) is 270 Å². The molecule has 72 heavy (non-hydrogen) atoms. The second-order valence-corrected chi connectivity index (χ2v) is 15.1. The number of aromatic nitrogens is 18. The van der Waals surface area contributed by atoms with E-state index in [2.05, 4.69) is 76.8 Å². The maximum Gasteiger partial charge on any atom is 0.180 e. The van der Waals surface area contributed by atoms with Gasteiger partial charge in [0.2, 0.25) is 0 Å². The Morgan fingerprint density at radius 1 is 0.361 bits per heavy atom. The number of nitrogens with one attached hydrogen (secondary N) is 2. The molecule has 352 valence electrons. The second kappa shape index (κ2) is 24.4. The number of aromatic amines is 2. The summed E-state index contributed by atoms with van der Waals surface area (Å²) in [6.07, 6.45) is 36.4. The maximum atomic E-state index is 4.08. The van der Waals surface area contributed by atoms with Crippen LogP contribution in [0.4, 0.5) is 0 Å². The number of pyridine rings is 4. The zero-order chi connectivity index (χ0) is 48.8. The third kappa shape index (κ3) is 12.9. The Bertz CT molecular complexity index is 3040. The first kappa shape index (κ1) is 46.5. The van der Waals surface area contributed by atoms with Crippen molar-refractivity contribution in [3.63, 3.8) is 0 Å². The lowest BCUT2D eigenvalue weighted by atomic mass is 10.3. The molecule has 0 aliphatic heterocycles. The van der Waals surface area contributed by atoms with E-state index < -0.39 is 0 Å². The second-order valence-electron chi connectivity index (χ2n) is 15.1. The molecule has 18 heteroatoms. The Labute approximate surface area is 410 Å². The fraction of sp³-hybridized carbons (Fsp3) is 0. The molecule has 0 amide bonds. The molecule has 0 saturated heterocycles. The number of hydrogen-bond donors (Lipinski definition) is 2. The first-order chi connectivity index (χ1) is 35.7. The molecule has 0 saturated carbocycles. The van der Waals surface area contributed by atoms with Gasteiger partial charge in [0.25, 0.3) is 0 Å². The van der Waals surface area contributed by atoms with Crippen LogP contribution in [-0.4, -0.2) is 86.9 Å². The molecule has 18 nitrogen and oxygen atoms in total. The largest absolute Gasteiger partial charge is 0.342 e. The van der Waals surface area contributed by atoms with Crippen LogP contribution in [0.3, 0.4) is 0 Å². The van der Waals surface area contributed by atoms with Gasteiger partial charge in [-0.25, -0.2) is 43.9 Å². The number of nitrogens with zero attached hydrogens (tertiary/aromatic N) is 16. The van der Waals surface area contributed by atoms with Crippen LogP contribution in [0.2, 0.25) is 0 Å². The average molecular weight is 947 g/mol. The van der Waals surface area contributed by atoms with Gasteiger partial charge >= 0.3 is 0 Å². The van der Waals surface area contributed by atoms with E-state index in [0.717, 1.165) is 44.3 Å². The number of para-hydroxylation sites is 1. The highest BCUT2D eigenvalue weighted by atomic mass is 15.2. The molecule has 15 heterocycles. The van der Waals surface area contributed by atoms with E-state index in [1.165, 1.54) is 11.8 Å². The SMILES string of the molecule is c1cc2nccn2cn1.c1ccc2[nH]ncc2c1.c1ccn2cccc2c1.c1ccn2ccnc2c1.c1ccn2cncc2c1.c1ccn2nccc2c1.c1cnn2cccc2c1.c1ncc2[nH]cnc2n1. The number of H-pyrrole nitrogens is 2. The number of imidazole rings is 4. The highest BCUT2D eigenvalue weighted by Crippen LogP contribution is 2.07. The fourth-order valence-corrected chi connectivity index (χ4v) is 6.80. The summed E-state index contributed by atoms with van der Waals surface area (Å²) in [6, 6.07) is 48.0. The van der Waals surface area contributed by atoms with Gasteiger partial charge in [0.1, 0.15) is 29.5 Å². The summed E-state index contributed by atoms with van der Waals surface area (Å²) in [5.74, 6) is 0. The summed E-state index contributed by atoms with van der Waals surface area (Å²) in [5.41, 5.74) is 9.27. The van der Waals surface area contributed by atoms with Gasteiger partial charge < -0.3 is 18.2 Å². The molecule has 0 aliphatic carbocycles. The minimum absolute atomic E-state index is 0.713. The topological polar surface area (TPSA) is 187 Å². The zero-order valence-corrected chi connectivity index (χ0v) is 38.6. The van der Waals surface area contributed by atoms with Gasteiger partial charge in [0, 0.05) is 91.5 Å². The molecule has 1 aromatic carbocycles. The van der Waals surface area contributed by atoms with Gasteiger partial charge in [-0.1, -0.05) is 42.5 Å². The molecule has 0 unspecified atom stereocenters. The van der Waals surface area contributed by atoms with E-state index in [1.54, 1.807) is 56.2 Å². The fourth-order valence-electron chi connectivity index (χ4n) is 6.80. The quantitative estimate of drug-likeness (QED) is 0.148. The third-order valence-electron chi connectivity index (χ3n) is 10.3. The van der Waals surface area contributed by atoms with Crippen molar-refractivity contribution in [3.8, 4) is 0 Å². The number of benzene rings is 1. The molecule has 0 spiro atoms. The van der Waals surface area contributed by atoms with E-state index >= 15 is 0 Å². The van der Waals surface area contributed by atoms with E-state index in [0.29, 0.717) is 5.65 Å². The molecule has 0 radical (unpaired) electrons. The molecule has 0 aliphatic rings. The Hall–Kier alpha value is -10.6. The van der Waals surface area contributed by atoms with Gasteiger partial charge in [-0.15, -0.1) is 0 Å². The van der Waals surface area contributed by atoms with Crippen LogP contribution in [0.5, 0.6) is 0 Å². The molecule has 0 atom stereocenters. The van der Waals surface area contributed by atoms with Gasteiger partial charge in [-0.3, -0.25) is 9.50 Å². The van der Waals surface area contributed by atoms with Crippen LogP contribution in [-0.2, 0) is 0 Å². The highest BCUT2D eigenvalue weighted by molar-refractivity contribution is 5.77. The summed E-state index contributed by atoms with van der Waals surface area (Å²) in [5, 5.41) is 16.0. The van der Waals surface area contributed by atoms with E-state index in [9.17, 15) is 0 Å². The van der Waals surface area contributed by atoms with Crippen molar-refractivity contribution in [3.05, 3.63) is 270 Å². The third-order valence-corrected chi connectivity index (χ3v) is 10.3. The standard InChI is InChI=1S/C8H7N.5C7H6N2.C6H5N3.C5H4N4/c1-2-6-9-7-3-5-8(9)4-1;1-3-7-4-2-6-9(7)8-5-1;1-2-6-9-7(3-1)4-5-8-9;1-2-5-9-6-4-8-7(9)3-1;1-2-4-9-6-8-5-7(9)3-1;1-2-4-7-6(3-1)5-8-9-7;1-2-7-5-9-4-3-8-6(1)9;1-4-5(8-2-6-1)9-3-7-4/h1-7H;4*1-6H;1-5H,(H,8,9);1-5H;1-3H,(H,6,7,8,9). The first-order valence-electron chi connectivity index (χ1n) is 22.5. The van der Waals surface area contributed by atoms with Gasteiger partial charge in [0.05, 0.1) is 53.3 Å². The van der Waals surface area contributed by atoms with Crippen molar-refractivity contribution in [2.24, 2.45) is 0 Å². The lowest BCUT2D eigenvalue weighted by molar-refractivity contribution is 0.941. The summed E-state index contributed by atoms with van der Waals surface area (Å²) in [7, 11) is 0. The normalized spacial score (nSPS) is 10.2. The Balaban J connectivity index is 0.000000102. The zero-order valence-electron chi connectivity index (χ0n) is 38.6. The van der Waals surface area contributed by atoms with Gasteiger partial charge in [0.15, 0.2) is 5.65 Å². The summed E-state index contributed by atoms with van der Waals surface area (Å²) in [4.78, 5) is 30.5. The van der Waals surface area contributed by atoms with Crippen LogP contribution in [0.1, 0.15) is 0 Å². The summed E-state index contributed by atoms with van der Waals surface area (Å²) in [6.45, 7) is 0. The van der Waals surface area contributed by atoms with Crippen molar-refractivity contribution in [2.45, 2.75) is 0 Å². The van der Waals surface area contributed by atoms with Crippen LogP contribution >= 0.6 is 0 Å². The van der Waals surface area contributed by atoms with Crippen molar-refractivity contribution in [1.82, 2.24) is 86.9 Å². The van der Waals surface area contributed by atoms with Gasteiger partial charge in [-0.05, 0) is 103 Å². The smallest absolute Gasteiger partial charge is 0.180 e. The molecule has 16 aromatic rings. The molecular weight excluding hydrogens is 901 g/mol. The van der Waals surface area contributed by atoms with Crippen molar-refractivity contribution in [2.75, 3.05) is 0 Å². The maximum absolute atomic E-state index is 4.08. The predicted octanol–water partition coefficient (Wildman–Crippen LogP) is 9.92. The molecule has 2 N–H and O–H groups in total. The van der Waals surface area contributed by atoms with E-state index in [-0.39, 0.29) is 0 Å². The highest BCUT2D eigenvalue weighted by Gasteiger charge is 1.93. The Kier molecular flexibility index (Phi) is 15.8. The van der Waals surface area contributed by atoms with Crippen LogP contribution in [0.25, 0.3) is 55.4 Å². The molecular formula is C54H46N18. The summed E-state index contributed by atoms with van der Waals surface area (Å²) >= 11 is 0. The minimum Gasteiger partial charge on any atom is -0.342 e. The number of hydrogen-bond acceptors (Lipinski definition) is 10. The molecule has 0 fully saturated rings. The van der Waals surface area contributed by atoms with E-state index in [4.69, 9.17) is 0 Å². The van der Waals surface area contributed by atoms with Crippen molar-refractivity contribution < 1.29 is 0 Å². The Morgan fingerprint density at radius 2 is 1.00 bits per heavy atom. The molecule has 15 aromatic heterocycles. The average Bonchev–Trinajstić information content (AvgIpc) is 4.31. The van der Waals surface area contributed by atoms with Gasteiger partial charge in [-0.2, -0.15) is 15.3 Å².